The van der Waals surface area contributed by atoms with E-state index in [0.29, 0.717) is 47.5 Å². The minimum absolute atomic E-state index is 0.0341. The molecule has 1 aliphatic rings. The molecule has 0 N–H and O–H groups in total. The van der Waals surface area contributed by atoms with Gasteiger partial charge in [0.15, 0.2) is 10.8 Å². The van der Waals surface area contributed by atoms with E-state index in [2.05, 4.69) is 9.88 Å². The summed E-state index contributed by atoms with van der Waals surface area (Å²) < 4.78 is 5.62. The van der Waals surface area contributed by atoms with Gasteiger partial charge in [0.25, 0.3) is 11.6 Å². The van der Waals surface area contributed by atoms with E-state index in [1.54, 1.807) is 12.1 Å². The number of furan rings is 1. The Morgan fingerprint density at radius 3 is 2.59 bits per heavy atom. The number of nitro benzene ring substituents is 1. The quantitative estimate of drug-likeness (QED) is 0.477. The van der Waals surface area contributed by atoms with Crippen LogP contribution in [0.15, 0.2) is 40.8 Å². The molecule has 4 rings (SSSR count). The minimum Gasteiger partial charge on any atom is -0.459 e. The Bertz CT molecular complexity index is 1070. The predicted octanol–water partition coefficient (Wildman–Crippen LogP) is 3.89. The third-order valence-electron chi connectivity index (χ3n) is 4.91. The number of amides is 1. The van der Waals surface area contributed by atoms with Crippen molar-refractivity contribution in [1.29, 1.82) is 0 Å². The van der Waals surface area contributed by atoms with Gasteiger partial charge >= 0.3 is 0 Å². The number of benzene rings is 1. The standard InChI is InChI=1S/C20H20N4O4S/c1-13-6-7-17(28-13)19-21-14(2)18(29-19)20(25)23-10-8-22(9-11-23)15-4-3-5-16(12-15)24(26)27/h3-7,12H,8-11H2,1-2H3. The lowest BCUT2D eigenvalue weighted by molar-refractivity contribution is -0.384. The second-order valence-electron chi connectivity index (χ2n) is 6.90. The van der Waals surface area contributed by atoms with Crippen molar-refractivity contribution in [2.45, 2.75) is 13.8 Å². The molecule has 29 heavy (non-hydrogen) atoms. The van der Waals surface area contributed by atoms with Crippen molar-refractivity contribution in [3.8, 4) is 10.8 Å². The van der Waals surface area contributed by atoms with Gasteiger partial charge in [-0.3, -0.25) is 14.9 Å². The maximum absolute atomic E-state index is 13.0. The Labute approximate surface area is 171 Å². The van der Waals surface area contributed by atoms with Gasteiger partial charge in [0.1, 0.15) is 10.6 Å². The monoisotopic (exact) mass is 412 g/mol. The van der Waals surface area contributed by atoms with Gasteiger partial charge in [-0.1, -0.05) is 6.07 Å². The average Bonchev–Trinajstić information content (AvgIpc) is 3.33. The fourth-order valence-electron chi connectivity index (χ4n) is 3.36. The maximum Gasteiger partial charge on any atom is 0.271 e. The first-order chi connectivity index (χ1) is 13.9. The number of thiazole rings is 1. The van der Waals surface area contributed by atoms with Crippen LogP contribution in [0.25, 0.3) is 10.8 Å². The summed E-state index contributed by atoms with van der Waals surface area (Å²) in [5.74, 6) is 1.44. The molecule has 1 fully saturated rings. The van der Waals surface area contributed by atoms with Crippen molar-refractivity contribution in [3.05, 3.63) is 62.8 Å². The Hall–Kier alpha value is -3.20. The van der Waals surface area contributed by atoms with Gasteiger partial charge < -0.3 is 14.2 Å². The number of carbonyl (C=O) groups excluding carboxylic acids is 1. The zero-order valence-corrected chi connectivity index (χ0v) is 16.9. The summed E-state index contributed by atoms with van der Waals surface area (Å²) in [7, 11) is 0. The van der Waals surface area contributed by atoms with Crippen molar-refractivity contribution in [3.63, 3.8) is 0 Å². The smallest absolute Gasteiger partial charge is 0.271 e. The highest BCUT2D eigenvalue weighted by molar-refractivity contribution is 7.17. The van der Waals surface area contributed by atoms with Crippen LogP contribution in [0.2, 0.25) is 0 Å². The Morgan fingerprint density at radius 1 is 1.17 bits per heavy atom. The lowest BCUT2D eigenvalue weighted by Crippen LogP contribution is -2.48. The molecule has 150 valence electrons. The molecule has 0 spiro atoms. The highest BCUT2D eigenvalue weighted by Crippen LogP contribution is 2.30. The molecule has 3 aromatic rings. The molecule has 3 heterocycles. The first-order valence-electron chi connectivity index (χ1n) is 9.25. The van der Waals surface area contributed by atoms with E-state index < -0.39 is 4.92 Å². The molecule has 2 aromatic heterocycles. The molecular weight excluding hydrogens is 392 g/mol. The van der Waals surface area contributed by atoms with E-state index >= 15 is 0 Å². The Morgan fingerprint density at radius 2 is 1.93 bits per heavy atom. The van der Waals surface area contributed by atoms with Crippen molar-refractivity contribution in [2.24, 2.45) is 0 Å². The minimum atomic E-state index is -0.395. The third kappa shape index (κ3) is 3.86. The largest absolute Gasteiger partial charge is 0.459 e. The van der Waals surface area contributed by atoms with Gasteiger partial charge in [-0.05, 0) is 32.0 Å². The van der Waals surface area contributed by atoms with Crippen LogP contribution in [0, 0.1) is 24.0 Å². The zero-order chi connectivity index (χ0) is 20.5. The molecule has 0 saturated carbocycles. The molecule has 8 nitrogen and oxygen atoms in total. The third-order valence-corrected chi connectivity index (χ3v) is 6.07. The molecule has 0 aliphatic carbocycles. The summed E-state index contributed by atoms with van der Waals surface area (Å²) in [4.78, 5) is 32.6. The number of hydrogen-bond donors (Lipinski definition) is 0. The van der Waals surface area contributed by atoms with Crippen LogP contribution >= 0.6 is 11.3 Å². The van der Waals surface area contributed by atoms with Crippen LogP contribution in [0.3, 0.4) is 0 Å². The number of aryl methyl sites for hydroxylation is 2. The van der Waals surface area contributed by atoms with E-state index in [4.69, 9.17) is 4.42 Å². The van der Waals surface area contributed by atoms with E-state index in [9.17, 15) is 14.9 Å². The first-order valence-corrected chi connectivity index (χ1v) is 10.1. The molecule has 1 amide bonds. The maximum atomic E-state index is 13.0. The van der Waals surface area contributed by atoms with Crippen LogP contribution in [-0.2, 0) is 0 Å². The molecule has 1 aromatic carbocycles. The number of non-ortho nitro benzene ring substituents is 1. The van der Waals surface area contributed by atoms with Gasteiger partial charge in [-0.2, -0.15) is 0 Å². The second-order valence-corrected chi connectivity index (χ2v) is 7.90. The van der Waals surface area contributed by atoms with E-state index in [0.717, 1.165) is 11.4 Å². The summed E-state index contributed by atoms with van der Waals surface area (Å²) >= 11 is 1.35. The highest BCUT2D eigenvalue weighted by atomic mass is 32.1. The summed E-state index contributed by atoms with van der Waals surface area (Å²) in [6, 6.07) is 10.3. The van der Waals surface area contributed by atoms with Crippen LogP contribution in [-0.4, -0.2) is 46.9 Å². The zero-order valence-electron chi connectivity index (χ0n) is 16.1. The molecular formula is C20H20N4O4S. The summed E-state index contributed by atoms with van der Waals surface area (Å²) in [6.07, 6.45) is 0. The highest BCUT2D eigenvalue weighted by Gasteiger charge is 2.26. The van der Waals surface area contributed by atoms with Crippen LogP contribution < -0.4 is 4.90 Å². The normalized spacial score (nSPS) is 14.3. The predicted molar refractivity (Wildman–Crippen MR) is 111 cm³/mol. The molecule has 0 unspecified atom stereocenters. The number of nitro groups is 1. The summed E-state index contributed by atoms with van der Waals surface area (Å²) in [6.45, 7) is 6.05. The molecule has 0 atom stereocenters. The Balaban J connectivity index is 1.45. The number of nitrogens with zero attached hydrogens (tertiary/aromatic N) is 4. The van der Waals surface area contributed by atoms with Gasteiger partial charge in [-0.25, -0.2) is 4.98 Å². The number of rotatable bonds is 4. The van der Waals surface area contributed by atoms with Gasteiger partial charge in [-0.15, -0.1) is 11.3 Å². The average molecular weight is 412 g/mol. The molecule has 0 bridgehead atoms. The van der Waals surface area contributed by atoms with Crippen molar-refractivity contribution >= 4 is 28.6 Å². The Kier molecular flexibility index (Phi) is 5.06. The van der Waals surface area contributed by atoms with Crippen LogP contribution in [0.5, 0.6) is 0 Å². The molecule has 1 aliphatic heterocycles. The fourth-order valence-corrected chi connectivity index (χ4v) is 4.36. The van der Waals surface area contributed by atoms with E-state index in [1.807, 2.05) is 36.9 Å². The number of carbonyl (C=O) groups is 1. The number of anilines is 1. The van der Waals surface area contributed by atoms with Crippen molar-refractivity contribution in [1.82, 2.24) is 9.88 Å². The molecule has 9 heteroatoms. The summed E-state index contributed by atoms with van der Waals surface area (Å²) in [5.41, 5.74) is 1.57. The second kappa shape index (κ2) is 7.67. The lowest BCUT2D eigenvalue weighted by atomic mass is 10.2. The molecule has 1 saturated heterocycles. The number of aromatic nitrogens is 1. The SMILES string of the molecule is Cc1ccc(-c2nc(C)c(C(=O)N3CCN(c4cccc([N+](=O)[O-])c4)CC3)s2)o1. The van der Waals surface area contributed by atoms with Crippen molar-refractivity contribution in [2.75, 3.05) is 31.1 Å². The van der Waals surface area contributed by atoms with Crippen LogP contribution in [0.4, 0.5) is 11.4 Å². The van der Waals surface area contributed by atoms with E-state index in [1.165, 1.54) is 17.4 Å². The summed E-state index contributed by atoms with van der Waals surface area (Å²) in [5, 5.41) is 11.7. The van der Waals surface area contributed by atoms with Gasteiger partial charge in [0.05, 0.1) is 10.6 Å². The first kappa shape index (κ1) is 19.1. The fraction of sp³-hybridized carbons (Fsp3) is 0.300. The molecule has 0 radical (unpaired) electrons. The van der Waals surface area contributed by atoms with Crippen molar-refractivity contribution < 1.29 is 14.1 Å². The number of hydrogen-bond acceptors (Lipinski definition) is 7. The number of piperazine rings is 1. The van der Waals surface area contributed by atoms with E-state index in [-0.39, 0.29) is 11.6 Å². The topological polar surface area (TPSA) is 92.7 Å². The van der Waals surface area contributed by atoms with Crippen LogP contribution in [0.1, 0.15) is 21.1 Å². The van der Waals surface area contributed by atoms with Gasteiger partial charge in [0, 0.05) is 44.0 Å². The lowest BCUT2D eigenvalue weighted by Gasteiger charge is -2.35. The van der Waals surface area contributed by atoms with Gasteiger partial charge in [0.2, 0.25) is 0 Å².